The molecule has 1 unspecified atom stereocenters. The molecule has 0 N–H and O–H groups in total. The van der Waals surface area contributed by atoms with Crippen molar-refractivity contribution < 1.29 is 8.78 Å². The van der Waals surface area contributed by atoms with E-state index in [2.05, 4.69) is 27.7 Å². The number of aromatic nitrogens is 2. The third kappa shape index (κ3) is 1.23. The highest BCUT2D eigenvalue weighted by atomic mass is 127. The van der Waals surface area contributed by atoms with Gasteiger partial charge in [-0.3, -0.25) is 4.68 Å². The minimum atomic E-state index is -2.53. The first-order valence-electron chi connectivity index (χ1n) is 3.60. The maximum atomic E-state index is 12.6. The van der Waals surface area contributed by atoms with Gasteiger partial charge in [0.1, 0.15) is 6.04 Å². The fourth-order valence-corrected chi connectivity index (χ4v) is 1.50. The number of rotatable bonds is 1. The topological polar surface area (TPSA) is 17.8 Å². The largest absolute Gasteiger partial charge is 0.272 e. The van der Waals surface area contributed by atoms with Gasteiger partial charge in [-0.25, -0.2) is 8.78 Å². The summed E-state index contributed by atoms with van der Waals surface area (Å²) < 4.78 is 27.4. The third-order valence-electron chi connectivity index (χ3n) is 1.97. The minimum absolute atomic E-state index is 0.0653. The van der Waals surface area contributed by atoms with Gasteiger partial charge < -0.3 is 0 Å². The molecule has 66 valence electrons. The quantitative estimate of drug-likeness (QED) is 0.724. The lowest BCUT2D eigenvalue weighted by Gasteiger charge is -1.96. The summed E-state index contributed by atoms with van der Waals surface area (Å²) in [6, 6.07) is -0.695. The lowest BCUT2D eigenvalue weighted by molar-refractivity contribution is 0.0983. The SMILES string of the molecule is Cc1nn(C2CC2(F)F)cc1I. The van der Waals surface area contributed by atoms with E-state index in [0.717, 1.165) is 9.26 Å². The number of hydrogen-bond acceptors (Lipinski definition) is 1. The van der Waals surface area contributed by atoms with Crippen LogP contribution in [0.15, 0.2) is 6.20 Å². The second-order valence-electron chi connectivity index (χ2n) is 3.02. The molecule has 1 aromatic heterocycles. The van der Waals surface area contributed by atoms with Crippen LogP contribution in [0.5, 0.6) is 0 Å². The van der Waals surface area contributed by atoms with Crippen LogP contribution in [-0.4, -0.2) is 15.7 Å². The van der Waals surface area contributed by atoms with Crippen LogP contribution in [-0.2, 0) is 0 Å². The van der Waals surface area contributed by atoms with Gasteiger partial charge in [0.25, 0.3) is 5.92 Å². The molecule has 1 atom stereocenters. The fourth-order valence-electron chi connectivity index (χ4n) is 1.10. The first-order valence-corrected chi connectivity index (χ1v) is 4.67. The molecule has 1 saturated carbocycles. The standard InChI is InChI=1S/C7H7F2IN2/c1-4-5(10)3-12(11-4)6-2-7(6,8)9/h3,6H,2H2,1H3. The summed E-state index contributed by atoms with van der Waals surface area (Å²) in [6.45, 7) is 1.82. The van der Waals surface area contributed by atoms with Crippen molar-refractivity contribution in [3.05, 3.63) is 15.5 Å². The molecule has 0 spiro atoms. The predicted molar refractivity (Wildman–Crippen MR) is 48.3 cm³/mol. The van der Waals surface area contributed by atoms with Crippen molar-refractivity contribution >= 4 is 22.6 Å². The Labute approximate surface area is 82.1 Å². The average Bonchev–Trinajstić information content (AvgIpc) is 2.45. The van der Waals surface area contributed by atoms with Crippen LogP contribution in [0.4, 0.5) is 8.78 Å². The van der Waals surface area contributed by atoms with Gasteiger partial charge in [-0.15, -0.1) is 0 Å². The summed E-state index contributed by atoms with van der Waals surface area (Å²) >= 11 is 2.09. The van der Waals surface area contributed by atoms with Crippen LogP contribution in [0.25, 0.3) is 0 Å². The molecule has 2 rings (SSSR count). The zero-order chi connectivity index (χ0) is 8.93. The molecule has 1 heterocycles. The predicted octanol–water partition coefficient (Wildman–Crippen LogP) is 2.38. The Morgan fingerprint density at radius 2 is 2.33 bits per heavy atom. The van der Waals surface area contributed by atoms with Gasteiger partial charge in [0.15, 0.2) is 0 Å². The molecule has 1 aliphatic rings. The van der Waals surface area contributed by atoms with Crippen LogP contribution < -0.4 is 0 Å². The van der Waals surface area contributed by atoms with Crippen molar-refractivity contribution in [2.75, 3.05) is 0 Å². The van der Waals surface area contributed by atoms with E-state index >= 15 is 0 Å². The molecule has 0 radical (unpaired) electrons. The molecule has 0 aromatic carbocycles. The third-order valence-corrected chi connectivity index (χ3v) is 3.03. The van der Waals surface area contributed by atoms with Crippen LogP contribution in [0.3, 0.4) is 0 Å². The summed E-state index contributed by atoms with van der Waals surface area (Å²) in [5, 5.41) is 4.00. The molecular weight excluding hydrogens is 277 g/mol. The van der Waals surface area contributed by atoms with Gasteiger partial charge >= 0.3 is 0 Å². The highest BCUT2D eigenvalue weighted by molar-refractivity contribution is 14.1. The number of alkyl halides is 2. The Kier molecular flexibility index (Phi) is 1.68. The van der Waals surface area contributed by atoms with Gasteiger partial charge in [0, 0.05) is 12.6 Å². The second kappa shape index (κ2) is 2.40. The molecular formula is C7H7F2IN2. The molecule has 0 bridgehead atoms. The van der Waals surface area contributed by atoms with Gasteiger partial charge in [0.05, 0.1) is 9.26 Å². The normalized spacial score (nSPS) is 25.8. The van der Waals surface area contributed by atoms with Gasteiger partial charge in [0.2, 0.25) is 0 Å². The Morgan fingerprint density at radius 1 is 1.75 bits per heavy atom. The summed E-state index contributed by atoms with van der Waals surface area (Å²) in [4.78, 5) is 0. The molecule has 1 fully saturated rings. The van der Waals surface area contributed by atoms with E-state index in [4.69, 9.17) is 0 Å². The van der Waals surface area contributed by atoms with E-state index in [-0.39, 0.29) is 6.42 Å². The average molecular weight is 284 g/mol. The second-order valence-corrected chi connectivity index (χ2v) is 4.19. The zero-order valence-electron chi connectivity index (χ0n) is 6.39. The maximum Gasteiger partial charge on any atom is 0.272 e. The van der Waals surface area contributed by atoms with Gasteiger partial charge in [-0.1, -0.05) is 0 Å². The van der Waals surface area contributed by atoms with Crippen molar-refractivity contribution in [3.63, 3.8) is 0 Å². The van der Waals surface area contributed by atoms with Crippen molar-refractivity contribution in [2.24, 2.45) is 0 Å². The first-order chi connectivity index (χ1) is 5.50. The van der Waals surface area contributed by atoms with E-state index in [1.807, 2.05) is 6.92 Å². The highest BCUT2D eigenvalue weighted by Gasteiger charge is 2.59. The summed E-state index contributed by atoms with van der Waals surface area (Å²) in [5.74, 6) is -2.53. The minimum Gasteiger partial charge on any atom is -0.262 e. The molecule has 1 aromatic rings. The number of aryl methyl sites for hydroxylation is 1. The van der Waals surface area contributed by atoms with Crippen LogP contribution >= 0.6 is 22.6 Å². The van der Waals surface area contributed by atoms with Crippen LogP contribution in [0.1, 0.15) is 18.2 Å². The number of nitrogens with zero attached hydrogens (tertiary/aromatic N) is 2. The Hall–Kier alpha value is -0.200. The number of halogens is 3. The summed E-state index contributed by atoms with van der Waals surface area (Å²) in [6.07, 6.45) is 1.60. The summed E-state index contributed by atoms with van der Waals surface area (Å²) in [5.41, 5.74) is 0.818. The van der Waals surface area contributed by atoms with Crippen molar-refractivity contribution in [1.29, 1.82) is 0 Å². The Balaban J connectivity index is 2.26. The molecule has 1 aliphatic carbocycles. The number of hydrogen-bond donors (Lipinski definition) is 0. The van der Waals surface area contributed by atoms with E-state index in [9.17, 15) is 8.78 Å². The fraction of sp³-hybridized carbons (Fsp3) is 0.571. The van der Waals surface area contributed by atoms with Crippen LogP contribution in [0, 0.1) is 10.5 Å². The molecule has 0 aliphatic heterocycles. The van der Waals surface area contributed by atoms with E-state index in [1.165, 1.54) is 4.68 Å². The smallest absolute Gasteiger partial charge is 0.262 e. The van der Waals surface area contributed by atoms with E-state index in [0.29, 0.717) is 0 Å². The molecule has 12 heavy (non-hydrogen) atoms. The van der Waals surface area contributed by atoms with Gasteiger partial charge in [-0.05, 0) is 29.5 Å². The monoisotopic (exact) mass is 284 g/mol. The molecule has 0 amide bonds. The lowest BCUT2D eigenvalue weighted by atomic mass is 10.5. The van der Waals surface area contributed by atoms with E-state index < -0.39 is 12.0 Å². The highest BCUT2D eigenvalue weighted by Crippen LogP contribution is 2.52. The van der Waals surface area contributed by atoms with Gasteiger partial charge in [-0.2, -0.15) is 5.10 Å². The van der Waals surface area contributed by atoms with E-state index in [1.54, 1.807) is 6.20 Å². The summed E-state index contributed by atoms with van der Waals surface area (Å²) in [7, 11) is 0. The van der Waals surface area contributed by atoms with Crippen LogP contribution in [0.2, 0.25) is 0 Å². The Morgan fingerprint density at radius 3 is 2.67 bits per heavy atom. The molecule has 0 saturated heterocycles. The lowest BCUT2D eigenvalue weighted by Crippen LogP contribution is -2.02. The maximum absolute atomic E-state index is 12.6. The van der Waals surface area contributed by atoms with Crippen molar-refractivity contribution in [1.82, 2.24) is 9.78 Å². The van der Waals surface area contributed by atoms with Crippen molar-refractivity contribution in [3.8, 4) is 0 Å². The zero-order valence-corrected chi connectivity index (χ0v) is 8.55. The van der Waals surface area contributed by atoms with Crippen molar-refractivity contribution in [2.45, 2.75) is 25.3 Å². The molecule has 2 nitrogen and oxygen atoms in total. The first kappa shape index (κ1) is 8.40. The molecule has 5 heteroatoms. The Bertz CT molecular complexity index is 302.